The monoisotopic (exact) mass is 376 g/mol. The SMILES string of the molecule is CC(C)N(C(=O)Oc1cccc(NC(=O)OCCCl)c1)c1ccccc1. The first-order valence-corrected chi connectivity index (χ1v) is 8.70. The van der Waals surface area contributed by atoms with Gasteiger partial charge >= 0.3 is 12.2 Å². The lowest BCUT2D eigenvalue weighted by Gasteiger charge is -2.25. The van der Waals surface area contributed by atoms with Gasteiger partial charge in [-0.25, -0.2) is 9.59 Å². The van der Waals surface area contributed by atoms with E-state index in [-0.39, 0.29) is 18.5 Å². The Hall–Kier alpha value is -2.73. The third-order valence-electron chi connectivity index (χ3n) is 3.34. The van der Waals surface area contributed by atoms with Crippen LogP contribution in [0.2, 0.25) is 0 Å². The van der Waals surface area contributed by atoms with E-state index in [0.29, 0.717) is 11.4 Å². The number of nitrogens with one attached hydrogen (secondary N) is 1. The largest absolute Gasteiger partial charge is 0.448 e. The average molecular weight is 377 g/mol. The molecule has 2 amide bonds. The van der Waals surface area contributed by atoms with Crippen LogP contribution in [-0.2, 0) is 4.74 Å². The van der Waals surface area contributed by atoms with Gasteiger partial charge in [0, 0.05) is 23.5 Å². The maximum Gasteiger partial charge on any atom is 0.419 e. The third-order valence-corrected chi connectivity index (χ3v) is 3.50. The van der Waals surface area contributed by atoms with Crippen LogP contribution in [0.25, 0.3) is 0 Å². The van der Waals surface area contributed by atoms with Crippen molar-refractivity contribution in [2.45, 2.75) is 19.9 Å². The summed E-state index contributed by atoms with van der Waals surface area (Å²) >= 11 is 5.47. The van der Waals surface area contributed by atoms with Crippen LogP contribution >= 0.6 is 11.6 Å². The normalized spacial score (nSPS) is 10.3. The molecule has 0 fully saturated rings. The Labute approximate surface area is 157 Å². The molecule has 0 atom stereocenters. The Morgan fingerprint density at radius 3 is 2.50 bits per heavy atom. The molecule has 0 bridgehead atoms. The molecule has 6 nitrogen and oxygen atoms in total. The molecule has 0 aliphatic carbocycles. The van der Waals surface area contributed by atoms with Crippen molar-refractivity contribution in [1.29, 1.82) is 0 Å². The number of hydrogen-bond acceptors (Lipinski definition) is 4. The van der Waals surface area contributed by atoms with E-state index < -0.39 is 12.2 Å². The number of ether oxygens (including phenoxy) is 2. The molecule has 7 heteroatoms. The van der Waals surface area contributed by atoms with Gasteiger partial charge in [0.05, 0.1) is 5.88 Å². The van der Waals surface area contributed by atoms with E-state index in [1.165, 1.54) is 0 Å². The minimum Gasteiger partial charge on any atom is -0.448 e. The van der Waals surface area contributed by atoms with Gasteiger partial charge in [0.25, 0.3) is 0 Å². The predicted molar refractivity (Wildman–Crippen MR) is 102 cm³/mol. The Bertz CT molecular complexity index is 737. The summed E-state index contributed by atoms with van der Waals surface area (Å²) < 4.78 is 10.3. The van der Waals surface area contributed by atoms with E-state index in [4.69, 9.17) is 21.1 Å². The van der Waals surface area contributed by atoms with Crippen LogP contribution in [-0.4, -0.2) is 30.7 Å². The Morgan fingerprint density at radius 2 is 1.85 bits per heavy atom. The maximum absolute atomic E-state index is 12.6. The topological polar surface area (TPSA) is 67.9 Å². The molecule has 2 aromatic carbocycles. The second-order valence-corrected chi connectivity index (χ2v) is 6.02. The third kappa shape index (κ3) is 5.67. The van der Waals surface area contributed by atoms with Gasteiger partial charge in [-0.05, 0) is 38.1 Å². The summed E-state index contributed by atoms with van der Waals surface area (Å²) in [6, 6.07) is 15.7. The molecule has 138 valence electrons. The van der Waals surface area contributed by atoms with Crippen LogP contribution in [0.5, 0.6) is 5.75 Å². The van der Waals surface area contributed by atoms with Crippen molar-refractivity contribution in [2.24, 2.45) is 0 Å². The average Bonchev–Trinajstić information content (AvgIpc) is 2.61. The number of amides is 2. The summed E-state index contributed by atoms with van der Waals surface area (Å²) in [5.41, 5.74) is 1.19. The fourth-order valence-electron chi connectivity index (χ4n) is 2.28. The molecular weight excluding hydrogens is 356 g/mol. The summed E-state index contributed by atoms with van der Waals surface area (Å²) in [6.45, 7) is 3.92. The lowest BCUT2D eigenvalue weighted by atomic mass is 10.2. The molecule has 0 aliphatic heterocycles. The summed E-state index contributed by atoms with van der Waals surface area (Å²) in [5.74, 6) is 0.530. The first-order valence-electron chi connectivity index (χ1n) is 8.17. The number of para-hydroxylation sites is 1. The molecule has 0 aliphatic rings. The zero-order chi connectivity index (χ0) is 18.9. The Morgan fingerprint density at radius 1 is 1.12 bits per heavy atom. The Kier molecular flexibility index (Phi) is 7.29. The molecule has 1 N–H and O–H groups in total. The predicted octanol–water partition coefficient (Wildman–Crippen LogP) is 4.89. The number of nitrogens with zero attached hydrogens (tertiary/aromatic N) is 1. The Balaban J connectivity index is 2.08. The number of halogens is 1. The van der Waals surface area contributed by atoms with Gasteiger partial charge < -0.3 is 9.47 Å². The van der Waals surface area contributed by atoms with Crippen molar-refractivity contribution in [3.63, 3.8) is 0 Å². The summed E-state index contributed by atoms with van der Waals surface area (Å²) in [7, 11) is 0. The minimum absolute atomic E-state index is 0.0864. The summed E-state index contributed by atoms with van der Waals surface area (Å²) in [5, 5.41) is 2.55. The number of benzene rings is 2. The van der Waals surface area contributed by atoms with E-state index in [2.05, 4.69) is 5.32 Å². The molecule has 0 heterocycles. The second kappa shape index (κ2) is 9.68. The van der Waals surface area contributed by atoms with Gasteiger partial charge in [-0.3, -0.25) is 10.2 Å². The van der Waals surface area contributed by atoms with Crippen LogP contribution < -0.4 is 15.0 Å². The molecule has 0 unspecified atom stereocenters. The van der Waals surface area contributed by atoms with Crippen molar-refractivity contribution >= 4 is 35.2 Å². The first kappa shape index (κ1) is 19.6. The van der Waals surface area contributed by atoms with Crippen molar-refractivity contribution in [1.82, 2.24) is 0 Å². The summed E-state index contributed by atoms with van der Waals surface area (Å²) in [6.07, 6.45) is -1.13. The molecule has 26 heavy (non-hydrogen) atoms. The van der Waals surface area contributed by atoms with Crippen molar-refractivity contribution in [3.8, 4) is 5.75 Å². The number of rotatable bonds is 6. The van der Waals surface area contributed by atoms with Crippen LogP contribution in [0.4, 0.5) is 21.0 Å². The minimum atomic E-state index is -0.623. The van der Waals surface area contributed by atoms with Gasteiger partial charge in [-0.2, -0.15) is 0 Å². The molecular formula is C19H21ClN2O4. The van der Waals surface area contributed by atoms with Crippen molar-refractivity contribution in [3.05, 3.63) is 54.6 Å². The van der Waals surface area contributed by atoms with Crippen LogP contribution in [0.15, 0.2) is 54.6 Å². The zero-order valence-corrected chi connectivity index (χ0v) is 15.4. The number of alkyl halides is 1. The summed E-state index contributed by atoms with van der Waals surface area (Å²) in [4.78, 5) is 25.7. The molecule has 0 aromatic heterocycles. The first-order chi connectivity index (χ1) is 12.5. The van der Waals surface area contributed by atoms with E-state index in [9.17, 15) is 9.59 Å². The van der Waals surface area contributed by atoms with E-state index in [0.717, 1.165) is 5.69 Å². The highest BCUT2D eigenvalue weighted by molar-refractivity contribution is 6.18. The van der Waals surface area contributed by atoms with E-state index in [1.54, 1.807) is 29.2 Å². The fourth-order valence-corrected chi connectivity index (χ4v) is 2.35. The highest BCUT2D eigenvalue weighted by atomic mass is 35.5. The van der Waals surface area contributed by atoms with Gasteiger partial charge in [-0.15, -0.1) is 11.6 Å². The molecule has 2 rings (SSSR count). The standard InChI is InChI=1S/C19H21ClN2O4/c1-14(2)22(16-8-4-3-5-9-16)19(24)26-17-10-6-7-15(13-17)21-18(23)25-12-11-20/h3-10,13-14H,11-12H2,1-2H3,(H,21,23). The number of carbonyl (C=O) groups is 2. The molecule has 0 saturated carbocycles. The quantitative estimate of drug-likeness (QED) is 0.729. The molecule has 0 spiro atoms. The smallest absolute Gasteiger partial charge is 0.419 e. The van der Waals surface area contributed by atoms with E-state index >= 15 is 0 Å². The van der Waals surface area contributed by atoms with E-state index in [1.807, 2.05) is 44.2 Å². The van der Waals surface area contributed by atoms with Crippen LogP contribution in [0.1, 0.15) is 13.8 Å². The molecule has 0 radical (unpaired) electrons. The molecule has 2 aromatic rings. The van der Waals surface area contributed by atoms with Gasteiger partial charge in [0.15, 0.2) is 0 Å². The number of anilines is 2. The lowest BCUT2D eigenvalue weighted by molar-refractivity contribution is 0.168. The highest BCUT2D eigenvalue weighted by Crippen LogP contribution is 2.22. The highest BCUT2D eigenvalue weighted by Gasteiger charge is 2.21. The maximum atomic E-state index is 12.6. The van der Waals surface area contributed by atoms with Crippen molar-refractivity contribution in [2.75, 3.05) is 22.7 Å². The van der Waals surface area contributed by atoms with Crippen molar-refractivity contribution < 1.29 is 19.1 Å². The van der Waals surface area contributed by atoms with Gasteiger partial charge in [0.2, 0.25) is 0 Å². The van der Waals surface area contributed by atoms with Crippen LogP contribution in [0, 0.1) is 0 Å². The number of hydrogen-bond donors (Lipinski definition) is 1. The second-order valence-electron chi connectivity index (χ2n) is 5.65. The lowest BCUT2D eigenvalue weighted by Crippen LogP contribution is -2.39. The van der Waals surface area contributed by atoms with Gasteiger partial charge in [0.1, 0.15) is 12.4 Å². The fraction of sp³-hybridized carbons (Fsp3) is 0.263. The number of carbonyl (C=O) groups excluding carboxylic acids is 2. The molecule has 0 saturated heterocycles. The zero-order valence-electron chi connectivity index (χ0n) is 14.6. The van der Waals surface area contributed by atoms with Crippen LogP contribution in [0.3, 0.4) is 0 Å². The van der Waals surface area contributed by atoms with Gasteiger partial charge in [-0.1, -0.05) is 24.3 Å².